The molecule has 2 amide bonds. The maximum absolute atomic E-state index is 12.4. The molecule has 178 valence electrons. The molecule has 0 aromatic carbocycles. The van der Waals surface area contributed by atoms with Crippen LogP contribution in [0.1, 0.15) is 41.9 Å². The molecule has 2 fully saturated rings. The zero-order valence-corrected chi connectivity index (χ0v) is 18.4. The van der Waals surface area contributed by atoms with E-state index in [1.807, 2.05) is 23.1 Å². The third-order valence-corrected chi connectivity index (χ3v) is 6.42. The Morgan fingerprint density at radius 3 is 2.36 bits per heavy atom. The molecule has 2 aromatic rings. The summed E-state index contributed by atoms with van der Waals surface area (Å²) in [7, 11) is 0. The van der Waals surface area contributed by atoms with Crippen molar-refractivity contribution in [3.63, 3.8) is 0 Å². The first-order chi connectivity index (χ1) is 15.6. The smallest absolute Gasteiger partial charge is 0.475 e. The van der Waals surface area contributed by atoms with Gasteiger partial charge in [-0.15, -0.1) is 11.3 Å². The lowest BCUT2D eigenvalue weighted by molar-refractivity contribution is -0.192. The molecule has 1 aliphatic carbocycles. The van der Waals surface area contributed by atoms with Gasteiger partial charge in [-0.2, -0.15) is 13.2 Å². The second-order valence-electron chi connectivity index (χ2n) is 8.13. The van der Waals surface area contributed by atoms with E-state index in [1.165, 1.54) is 11.3 Å². The standard InChI is InChI=1S/C19H22N4O2S.C2HF3O2/c24-17(9-14-3-1-2-6-20-14)23-7-4-19(5-8-23)10-15(11-19)22-18(25)16-12-26-13-21-16;3-2(4,5)1(6)7/h1-3,6,12-13,15H,4-5,7-11H2,(H,22,25);(H,6,7). The molecule has 2 aliphatic rings. The molecule has 1 saturated carbocycles. The van der Waals surface area contributed by atoms with Gasteiger partial charge in [-0.3, -0.25) is 14.6 Å². The molecule has 1 saturated heterocycles. The van der Waals surface area contributed by atoms with E-state index in [4.69, 9.17) is 9.90 Å². The number of likely N-dealkylation sites (tertiary alicyclic amines) is 1. The van der Waals surface area contributed by atoms with E-state index in [-0.39, 0.29) is 17.9 Å². The number of hydrogen-bond acceptors (Lipinski definition) is 6. The number of carbonyl (C=O) groups excluding carboxylic acids is 2. The van der Waals surface area contributed by atoms with Crippen molar-refractivity contribution in [1.29, 1.82) is 0 Å². The number of carboxylic acid groups (broad SMARTS) is 1. The minimum Gasteiger partial charge on any atom is -0.475 e. The normalized spacial score (nSPS) is 17.5. The number of halogens is 3. The van der Waals surface area contributed by atoms with Crippen LogP contribution in [0.3, 0.4) is 0 Å². The number of piperidine rings is 1. The van der Waals surface area contributed by atoms with E-state index in [2.05, 4.69) is 15.3 Å². The van der Waals surface area contributed by atoms with Crippen LogP contribution in [-0.4, -0.2) is 63.1 Å². The predicted octanol–water partition coefficient (Wildman–Crippen LogP) is 2.92. The van der Waals surface area contributed by atoms with Gasteiger partial charge in [0.05, 0.1) is 11.9 Å². The maximum atomic E-state index is 12.4. The van der Waals surface area contributed by atoms with Crippen LogP contribution in [0.5, 0.6) is 0 Å². The number of amides is 2. The summed E-state index contributed by atoms with van der Waals surface area (Å²) in [6.07, 6.45) is 1.06. The lowest BCUT2D eigenvalue weighted by Gasteiger charge is -2.52. The van der Waals surface area contributed by atoms with E-state index >= 15 is 0 Å². The highest BCUT2D eigenvalue weighted by molar-refractivity contribution is 7.07. The Labute approximate surface area is 191 Å². The Bertz CT molecular complexity index is 954. The number of aliphatic carboxylic acids is 1. The summed E-state index contributed by atoms with van der Waals surface area (Å²) in [6, 6.07) is 5.90. The summed E-state index contributed by atoms with van der Waals surface area (Å²) in [5, 5.41) is 12.0. The van der Waals surface area contributed by atoms with Gasteiger partial charge in [-0.05, 0) is 43.2 Å². The molecule has 1 spiro atoms. The van der Waals surface area contributed by atoms with Crippen molar-refractivity contribution in [3.8, 4) is 0 Å². The molecule has 8 nitrogen and oxygen atoms in total. The molecule has 12 heteroatoms. The zero-order chi connectivity index (χ0) is 24.1. The Balaban J connectivity index is 0.000000383. The molecule has 2 aromatic heterocycles. The van der Waals surface area contributed by atoms with E-state index in [1.54, 1.807) is 17.1 Å². The monoisotopic (exact) mass is 484 g/mol. The van der Waals surface area contributed by atoms with Gasteiger partial charge in [0.2, 0.25) is 5.91 Å². The van der Waals surface area contributed by atoms with Gasteiger partial charge in [0.25, 0.3) is 5.91 Å². The van der Waals surface area contributed by atoms with Crippen LogP contribution < -0.4 is 5.32 Å². The third kappa shape index (κ3) is 6.73. The number of aromatic nitrogens is 2. The highest BCUT2D eigenvalue weighted by Gasteiger charge is 2.46. The lowest BCUT2D eigenvalue weighted by atomic mass is 9.60. The van der Waals surface area contributed by atoms with E-state index in [0.717, 1.165) is 44.5 Å². The largest absolute Gasteiger partial charge is 0.490 e. The van der Waals surface area contributed by atoms with Gasteiger partial charge >= 0.3 is 12.1 Å². The fourth-order valence-electron chi connectivity index (χ4n) is 4.08. The van der Waals surface area contributed by atoms with Crippen molar-refractivity contribution in [2.45, 2.75) is 44.3 Å². The van der Waals surface area contributed by atoms with E-state index in [0.29, 0.717) is 17.5 Å². The first-order valence-electron chi connectivity index (χ1n) is 10.2. The molecule has 1 aliphatic heterocycles. The van der Waals surface area contributed by atoms with Crippen molar-refractivity contribution >= 4 is 29.1 Å². The maximum Gasteiger partial charge on any atom is 0.490 e. The molecule has 0 unspecified atom stereocenters. The number of hydrogen-bond donors (Lipinski definition) is 2. The summed E-state index contributed by atoms with van der Waals surface area (Å²) in [4.78, 5) is 43.7. The number of carbonyl (C=O) groups is 3. The summed E-state index contributed by atoms with van der Waals surface area (Å²) in [5.74, 6) is -2.67. The number of rotatable bonds is 4. The zero-order valence-electron chi connectivity index (χ0n) is 17.5. The number of nitrogens with zero attached hydrogens (tertiary/aromatic N) is 3. The molecule has 33 heavy (non-hydrogen) atoms. The number of nitrogens with one attached hydrogen (secondary N) is 1. The summed E-state index contributed by atoms with van der Waals surface area (Å²) < 4.78 is 31.7. The van der Waals surface area contributed by atoms with Crippen LogP contribution in [0, 0.1) is 5.41 Å². The minimum atomic E-state index is -5.08. The van der Waals surface area contributed by atoms with Crippen molar-refractivity contribution in [3.05, 3.63) is 46.7 Å². The van der Waals surface area contributed by atoms with Gasteiger partial charge in [0, 0.05) is 36.4 Å². The van der Waals surface area contributed by atoms with Crippen LogP contribution in [0.25, 0.3) is 0 Å². The quantitative estimate of drug-likeness (QED) is 0.690. The molecule has 0 radical (unpaired) electrons. The first-order valence-corrected chi connectivity index (χ1v) is 11.2. The van der Waals surface area contributed by atoms with Crippen LogP contribution in [0.15, 0.2) is 35.3 Å². The van der Waals surface area contributed by atoms with Gasteiger partial charge in [-0.25, -0.2) is 9.78 Å². The van der Waals surface area contributed by atoms with Crippen molar-refractivity contribution in [2.24, 2.45) is 5.41 Å². The lowest BCUT2D eigenvalue weighted by Crippen LogP contribution is -2.55. The van der Waals surface area contributed by atoms with Gasteiger partial charge in [0.1, 0.15) is 5.69 Å². The highest BCUT2D eigenvalue weighted by Crippen LogP contribution is 2.49. The molecular formula is C21H23F3N4O4S. The molecular weight excluding hydrogens is 461 g/mol. The van der Waals surface area contributed by atoms with E-state index in [9.17, 15) is 22.8 Å². The topological polar surface area (TPSA) is 112 Å². The molecule has 0 atom stereocenters. The van der Waals surface area contributed by atoms with Crippen molar-refractivity contribution < 1.29 is 32.7 Å². The Hall–Kier alpha value is -3.02. The second-order valence-corrected chi connectivity index (χ2v) is 8.85. The molecule has 4 rings (SSSR count). The van der Waals surface area contributed by atoms with Gasteiger partial charge < -0.3 is 15.3 Å². The Kier molecular flexibility index (Phi) is 7.67. The van der Waals surface area contributed by atoms with Crippen LogP contribution in [0.4, 0.5) is 13.2 Å². The van der Waals surface area contributed by atoms with Crippen LogP contribution in [0.2, 0.25) is 0 Å². The summed E-state index contributed by atoms with van der Waals surface area (Å²) in [5.41, 5.74) is 3.30. The highest BCUT2D eigenvalue weighted by atomic mass is 32.1. The summed E-state index contributed by atoms with van der Waals surface area (Å²) in [6.45, 7) is 1.61. The fraction of sp³-hybridized carbons (Fsp3) is 0.476. The number of alkyl halides is 3. The number of carboxylic acids is 1. The van der Waals surface area contributed by atoms with Gasteiger partial charge in [0.15, 0.2) is 0 Å². The van der Waals surface area contributed by atoms with Crippen LogP contribution in [-0.2, 0) is 16.0 Å². The van der Waals surface area contributed by atoms with E-state index < -0.39 is 12.1 Å². The second kappa shape index (κ2) is 10.3. The average molecular weight is 485 g/mol. The predicted molar refractivity (Wildman–Crippen MR) is 112 cm³/mol. The minimum absolute atomic E-state index is 0.0749. The Morgan fingerprint density at radius 2 is 1.85 bits per heavy atom. The average Bonchev–Trinajstić information content (AvgIpc) is 3.29. The molecule has 0 bridgehead atoms. The van der Waals surface area contributed by atoms with Crippen LogP contribution >= 0.6 is 11.3 Å². The van der Waals surface area contributed by atoms with Gasteiger partial charge in [-0.1, -0.05) is 6.07 Å². The fourth-order valence-corrected chi connectivity index (χ4v) is 4.61. The first kappa shape index (κ1) is 24.6. The number of pyridine rings is 1. The molecule has 3 heterocycles. The number of thiazole rings is 1. The SMILES string of the molecule is O=C(NC1CC2(CCN(C(=O)Cc3ccccn3)CC2)C1)c1cscn1.O=C(O)C(F)(F)F. The molecule has 2 N–H and O–H groups in total. The van der Waals surface area contributed by atoms with Crippen molar-refractivity contribution in [2.75, 3.05) is 13.1 Å². The third-order valence-electron chi connectivity index (χ3n) is 5.84. The Morgan fingerprint density at radius 1 is 1.18 bits per heavy atom. The summed E-state index contributed by atoms with van der Waals surface area (Å²) >= 11 is 1.43. The van der Waals surface area contributed by atoms with Crippen molar-refractivity contribution in [1.82, 2.24) is 20.2 Å².